The first-order valence-corrected chi connectivity index (χ1v) is 7.33. The van der Waals surface area contributed by atoms with E-state index in [0.717, 1.165) is 23.0 Å². The fourth-order valence-corrected chi connectivity index (χ4v) is 2.90. The van der Waals surface area contributed by atoms with E-state index in [1.165, 1.54) is 0 Å². The second kappa shape index (κ2) is 5.28. The summed E-state index contributed by atoms with van der Waals surface area (Å²) in [4.78, 5) is 8.13. The van der Waals surface area contributed by atoms with E-state index in [1.807, 2.05) is 11.6 Å². The molecule has 2 N–H and O–H groups in total. The van der Waals surface area contributed by atoms with Crippen LogP contribution in [0.1, 0.15) is 33.4 Å². The SMILES string of the molecule is CC(C)CN(c1nc2sccn2c1CN)C(C)C. The number of rotatable bonds is 5. The average molecular weight is 266 g/mol. The van der Waals surface area contributed by atoms with E-state index in [0.29, 0.717) is 18.5 Å². The first-order chi connectivity index (χ1) is 8.54. The predicted molar refractivity (Wildman–Crippen MR) is 78.3 cm³/mol. The van der Waals surface area contributed by atoms with Gasteiger partial charge in [-0.1, -0.05) is 13.8 Å². The Morgan fingerprint density at radius 1 is 1.39 bits per heavy atom. The molecule has 0 saturated carbocycles. The van der Waals surface area contributed by atoms with Crippen LogP contribution in [0, 0.1) is 5.92 Å². The van der Waals surface area contributed by atoms with E-state index in [1.54, 1.807) is 11.3 Å². The largest absolute Gasteiger partial charge is 0.352 e. The number of thiazole rings is 1. The molecule has 0 aliphatic carbocycles. The van der Waals surface area contributed by atoms with Gasteiger partial charge in [0.15, 0.2) is 10.8 Å². The second-order valence-electron chi connectivity index (χ2n) is 5.28. The van der Waals surface area contributed by atoms with E-state index in [9.17, 15) is 0 Å². The number of aromatic nitrogens is 2. The van der Waals surface area contributed by atoms with Crippen molar-refractivity contribution < 1.29 is 0 Å². The Morgan fingerprint density at radius 2 is 2.11 bits per heavy atom. The third-order valence-electron chi connectivity index (χ3n) is 2.99. The Labute approximate surface area is 112 Å². The molecular weight excluding hydrogens is 244 g/mol. The summed E-state index contributed by atoms with van der Waals surface area (Å²) in [5.41, 5.74) is 7.02. The Balaban J connectivity index is 2.45. The van der Waals surface area contributed by atoms with Crippen molar-refractivity contribution in [2.75, 3.05) is 11.4 Å². The monoisotopic (exact) mass is 266 g/mol. The maximum Gasteiger partial charge on any atom is 0.195 e. The number of hydrogen-bond acceptors (Lipinski definition) is 4. The summed E-state index contributed by atoms with van der Waals surface area (Å²) in [5.74, 6) is 1.66. The molecule has 0 fully saturated rings. The minimum atomic E-state index is 0.433. The summed E-state index contributed by atoms with van der Waals surface area (Å²) in [7, 11) is 0. The Kier molecular flexibility index (Phi) is 3.92. The van der Waals surface area contributed by atoms with Crippen LogP contribution in [0.25, 0.3) is 4.96 Å². The van der Waals surface area contributed by atoms with Crippen LogP contribution in [0.2, 0.25) is 0 Å². The summed E-state index contributed by atoms with van der Waals surface area (Å²) in [6.07, 6.45) is 2.05. The molecule has 0 saturated heterocycles. The van der Waals surface area contributed by atoms with Gasteiger partial charge in [0.25, 0.3) is 0 Å². The van der Waals surface area contributed by atoms with Crippen LogP contribution in [0.4, 0.5) is 5.82 Å². The highest BCUT2D eigenvalue weighted by molar-refractivity contribution is 7.15. The van der Waals surface area contributed by atoms with Crippen LogP contribution < -0.4 is 10.6 Å². The van der Waals surface area contributed by atoms with E-state index < -0.39 is 0 Å². The standard InChI is InChI=1S/C13H22N4S/c1-9(2)8-17(10(3)4)12-11(7-14)16-5-6-18-13(16)15-12/h5-6,9-10H,7-8,14H2,1-4H3. The molecular formula is C13H22N4S. The zero-order chi connectivity index (χ0) is 13.3. The van der Waals surface area contributed by atoms with Crippen LogP contribution in [-0.4, -0.2) is 22.0 Å². The van der Waals surface area contributed by atoms with Crippen LogP contribution in [0.15, 0.2) is 11.6 Å². The van der Waals surface area contributed by atoms with E-state index in [2.05, 4.69) is 37.0 Å². The number of anilines is 1. The maximum atomic E-state index is 5.91. The zero-order valence-electron chi connectivity index (χ0n) is 11.6. The van der Waals surface area contributed by atoms with Gasteiger partial charge in [-0.15, -0.1) is 11.3 Å². The van der Waals surface area contributed by atoms with Gasteiger partial charge in [0.1, 0.15) is 0 Å². The summed E-state index contributed by atoms with van der Waals surface area (Å²) >= 11 is 1.66. The topological polar surface area (TPSA) is 46.6 Å². The van der Waals surface area contributed by atoms with Crippen molar-refractivity contribution in [2.45, 2.75) is 40.3 Å². The number of fused-ring (bicyclic) bond motifs is 1. The number of nitrogens with two attached hydrogens (primary N) is 1. The highest BCUT2D eigenvalue weighted by Crippen LogP contribution is 2.26. The fraction of sp³-hybridized carbons (Fsp3) is 0.615. The highest BCUT2D eigenvalue weighted by atomic mass is 32.1. The van der Waals surface area contributed by atoms with Crippen molar-refractivity contribution >= 4 is 22.1 Å². The second-order valence-corrected chi connectivity index (χ2v) is 6.15. The van der Waals surface area contributed by atoms with E-state index >= 15 is 0 Å². The molecule has 0 radical (unpaired) electrons. The summed E-state index contributed by atoms with van der Waals surface area (Å²) in [5, 5.41) is 2.05. The molecule has 0 aliphatic heterocycles. The van der Waals surface area contributed by atoms with Crippen molar-refractivity contribution in [3.05, 3.63) is 17.3 Å². The van der Waals surface area contributed by atoms with Gasteiger partial charge in [-0.25, -0.2) is 4.98 Å². The van der Waals surface area contributed by atoms with Gasteiger partial charge < -0.3 is 10.6 Å². The molecule has 100 valence electrons. The first-order valence-electron chi connectivity index (χ1n) is 6.45. The zero-order valence-corrected chi connectivity index (χ0v) is 12.4. The van der Waals surface area contributed by atoms with Crippen LogP contribution in [-0.2, 0) is 6.54 Å². The number of imidazole rings is 1. The molecule has 0 spiro atoms. The molecule has 0 unspecified atom stereocenters. The molecule has 0 aliphatic rings. The minimum absolute atomic E-state index is 0.433. The Hall–Kier alpha value is -1.07. The van der Waals surface area contributed by atoms with Crippen molar-refractivity contribution in [1.29, 1.82) is 0 Å². The lowest BCUT2D eigenvalue weighted by molar-refractivity contribution is 0.565. The van der Waals surface area contributed by atoms with Crippen molar-refractivity contribution in [2.24, 2.45) is 11.7 Å². The van der Waals surface area contributed by atoms with Gasteiger partial charge in [-0.2, -0.15) is 0 Å². The normalized spacial score (nSPS) is 11.9. The van der Waals surface area contributed by atoms with Gasteiger partial charge in [-0.05, 0) is 19.8 Å². The summed E-state index contributed by atoms with van der Waals surface area (Å²) in [6, 6.07) is 0.433. The van der Waals surface area contributed by atoms with Crippen molar-refractivity contribution in [3.8, 4) is 0 Å². The Morgan fingerprint density at radius 3 is 2.67 bits per heavy atom. The average Bonchev–Trinajstić information content (AvgIpc) is 2.84. The van der Waals surface area contributed by atoms with Gasteiger partial charge in [-0.3, -0.25) is 4.40 Å². The molecule has 4 nitrogen and oxygen atoms in total. The van der Waals surface area contributed by atoms with Gasteiger partial charge in [0, 0.05) is 30.7 Å². The number of nitrogens with zero attached hydrogens (tertiary/aromatic N) is 3. The molecule has 2 aromatic heterocycles. The molecule has 2 aromatic rings. The van der Waals surface area contributed by atoms with Gasteiger partial charge in [0.05, 0.1) is 5.69 Å². The smallest absolute Gasteiger partial charge is 0.195 e. The molecule has 5 heteroatoms. The first kappa shape index (κ1) is 13.4. The van der Waals surface area contributed by atoms with Crippen LogP contribution in [0.5, 0.6) is 0 Å². The minimum Gasteiger partial charge on any atom is -0.352 e. The van der Waals surface area contributed by atoms with E-state index in [4.69, 9.17) is 10.7 Å². The lowest BCUT2D eigenvalue weighted by Crippen LogP contribution is -2.35. The third-order valence-corrected chi connectivity index (χ3v) is 3.75. The molecule has 0 aromatic carbocycles. The lowest BCUT2D eigenvalue weighted by atomic mass is 10.1. The molecule has 18 heavy (non-hydrogen) atoms. The highest BCUT2D eigenvalue weighted by Gasteiger charge is 2.20. The third kappa shape index (κ3) is 2.37. The van der Waals surface area contributed by atoms with Crippen LogP contribution in [0.3, 0.4) is 0 Å². The quantitative estimate of drug-likeness (QED) is 0.905. The van der Waals surface area contributed by atoms with Gasteiger partial charge in [0.2, 0.25) is 0 Å². The summed E-state index contributed by atoms with van der Waals surface area (Å²) in [6.45, 7) is 10.4. The van der Waals surface area contributed by atoms with Crippen LogP contribution >= 0.6 is 11.3 Å². The van der Waals surface area contributed by atoms with Crippen molar-refractivity contribution in [1.82, 2.24) is 9.38 Å². The lowest BCUT2D eigenvalue weighted by Gasteiger charge is -2.29. The molecule has 2 rings (SSSR count). The molecule has 0 atom stereocenters. The predicted octanol–water partition coefficient (Wildman–Crippen LogP) is 2.73. The molecule has 2 heterocycles. The van der Waals surface area contributed by atoms with E-state index in [-0.39, 0.29) is 0 Å². The van der Waals surface area contributed by atoms with Gasteiger partial charge >= 0.3 is 0 Å². The van der Waals surface area contributed by atoms with Crippen molar-refractivity contribution in [3.63, 3.8) is 0 Å². The Bertz CT molecular complexity index is 512. The summed E-state index contributed by atoms with van der Waals surface area (Å²) < 4.78 is 2.11. The maximum absolute atomic E-state index is 5.91. The molecule has 0 amide bonds. The number of hydrogen-bond donors (Lipinski definition) is 1. The fourth-order valence-electron chi connectivity index (χ4n) is 2.18. The molecule has 0 bridgehead atoms.